The number of nitrogens with two attached hydrogens (primary N) is 1. The molecule has 100 valence electrons. The second-order valence-electron chi connectivity index (χ2n) is 4.82. The summed E-state index contributed by atoms with van der Waals surface area (Å²) in [4.78, 5) is 0. The van der Waals surface area contributed by atoms with Crippen molar-refractivity contribution in [3.8, 4) is 0 Å². The van der Waals surface area contributed by atoms with E-state index in [9.17, 15) is 0 Å². The van der Waals surface area contributed by atoms with Crippen molar-refractivity contribution in [1.29, 1.82) is 0 Å². The Bertz CT molecular complexity index is 594. The zero-order valence-electron chi connectivity index (χ0n) is 10.5. The van der Waals surface area contributed by atoms with Gasteiger partial charge in [0.2, 0.25) is 0 Å². The van der Waals surface area contributed by atoms with Gasteiger partial charge in [0.25, 0.3) is 0 Å². The number of halogens is 3. The van der Waals surface area contributed by atoms with E-state index in [4.69, 9.17) is 40.5 Å². The average Bonchev–Trinajstić information content (AvgIpc) is 2.34. The van der Waals surface area contributed by atoms with Crippen molar-refractivity contribution in [1.82, 2.24) is 0 Å². The van der Waals surface area contributed by atoms with E-state index >= 15 is 0 Å². The first kappa shape index (κ1) is 14.7. The van der Waals surface area contributed by atoms with Gasteiger partial charge in [-0.15, -0.1) is 0 Å². The largest absolute Gasteiger partial charge is 0.321 e. The third kappa shape index (κ3) is 3.43. The molecule has 0 aliphatic rings. The van der Waals surface area contributed by atoms with Crippen LogP contribution in [-0.2, 0) is 12.0 Å². The second kappa shape index (κ2) is 5.72. The molecule has 2 aromatic carbocycles. The molecule has 2 rings (SSSR count). The number of hydrogen-bond donors (Lipinski definition) is 1. The predicted molar refractivity (Wildman–Crippen MR) is 83.2 cm³/mol. The van der Waals surface area contributed by atoms with Crippen LogP contribution in [-0.4, -0.2) is 0 Å². The van der Waals surface area contributed by atoms with Gasteiger partial charge in [0.15, 0.2) is 0 Å². The summed E-state index contributed by atoms with van der Waals surface area (Å²) in [5.41, 5.74) is 7.78. The van der Waals surface area contributed by atoms with Crippen LogP contribution in [0.1, 0.15) is 18.1 Å². The Balaban J connectivity index is 2.31. The molecule has 0 spiro atoms. The quantitative estimate of drug-likeness (QED) is 0.841. The predicted octanol–water partition coefficient (Wildman–Crippen LogP) is 5.06. The highest BCUT2D eigenvalue weighted by Crippen LogP contribution is 2.30. The van der Waals surface area contributed by atoms with E-state index in [2.05, 4.69) is 0 Å². The monoisotopic (exact) mass is 313 g/mol. The Morgan fingerprint density at radius 1 is 0.947 bits per heavy atom. The van der Waals surface area contributed by atoms with E-state index < -0.39 is 5.54 Å². The first-order chi connectivity index (χ1) is 8.90. The highest BCUT2D eigenvalue weighted by Gasteiger charge is 2.24. The van der Waals surface area contributed by atoms with Crippen molar-refractivity contribution in [2.45, 2.75) is 18.9 Å². The van der Waals surface area contributed by atoms with Crippen molar-refractivity contribution in [3.05, 3.63) is 68.7 Å². The molecule has 1 atom stereocenters. The molecule has 0 amide bonds. The van der Waals surface area contributed by atoms with Gasteiger partial charge in [-0.25, -0.2) is 0 Å². The van der Waals surface area contributed by atoms with Gasteiger partial charge < -0.3 is 5.73 Å². The summed E-state index contributed by atoms with van der Waals surface area (Å²) in [6, 6.07) is 13.2. The fourth-order valence-corrected chi connectivity index (χ4v) is 2.77. The molecule has 0 bridgehead atoms. The normalized spacial score (nSPS) is 14.2. The summed E-state index contributed by atoms with van der Waals surface area (Å²) in [5, 5.41) is 1.75. The van der Waals surface area contributed by atoms with Crippen LogP contribution in [0, 0.1) is 0 Å². The van der Waals surface area contributed by atoms with Crippen LogP contribution in [0.25, 0.3) is 0 Å². The molecule has 0 aliphatic heterocycles. The van der Waals surface area contributed by atoms with Gasteiger partial charge in [0.1, 0.15) is 0 Å². The van der Waals surface area contributed by atoms with Crippen LogP contribution in [0.5, 0.6) is 0 Å². The van der Waals surface area contributed by atoms with Gasteiger partial charge >= 0.3 is 0 Å². The molecule has 2 aromatic rings. The Morgan fingerprint density at radius 3 is 2.26 bits per heavy atom. The zero-order chi connectivity index (χ0) is 14.0. The molecule has 0 fully saturated rings. The lowest BCUT2D eigenvalue weighted by atomic mass is 9.86. The van der Waals surface area contributed by atoms with Gasteiger partial charge in [-0.2, -0.15) is 0 Å². The van der Waals surface area contributed by atoms with Crippen LogP contribution >= 0.6 is 34.8 Å². The van der Waals surface area contributed by atoms with Gasteiger partial charge in [0, 0.05) is 10.6 Å². The van der Waals surface area contributed by atoms with Gasteiger partial charge in [-0.05, 0) is 42.7 Å². The summed E-state index contributed by atoms with van der Waals surface area (Å²) < 4.78 is 0. The highest BCUT2D eigenvalue weighted by molar-refractivity contribution is 6.42. The van der Waals surface area contributed by atoms with Gasteiger partial charge in [-0.1, -0.05) is 59.1 Å². The smallest absolute Gasteiger partial charge is 0.0595 e. The fraction of sp³-hybridized carbons (Fsp3) is 0.200. The van der Waals surface area contributed by atoms with E-state index in [1.807, 2.05) is 43.3 Å². The first-order valence-corrected chi connectivity index (χ1v) is 7.01. The van der Waals surface area contributed by atoms with E-state index in [0.717, 1.165) is 11.1 Å². The minimum Gasteiger partial charge on any atom is -0.321 e. The number of rotatable bonds is 3. The molecule has 2 N–H and O–H groups in total. The lowest BCUT2D eigenvalue weighted by Crippen LogP contribution is -2.35. The molecule has 1 unspecified atom stereocenters. The summed E-state index contributed by atoms with van der Waals surface area (Å²) in [6.45, 7) is 1.96. The molecule has 19 heavy (non-hydrogen) atoms. The lowest BCUT2D eigenvalue weighted by Gasteiger charge is -2.26. The Labute approximate surface area is 128 Å². The van der Waals surface area contributed by atoms with Crippen molar-refractivity contribution in [2.75, 3.05) is 0 Å². The van der Waals surface area contributed by atoms with E-state index in [-0.39, 0.29) is 0 Å². The second-order valence-corrected chi connectivity index (χ2v) is 6.04. The molecular formula is C15H14Cl3N. The first-order valence-electron chi connectivity index (χ1n) is 5.88. The molecule has 0 radical (unpaired) electrons. The maximum Gasteiger partial charge on any atom is 0.0595 e. The van der Waals surface area contributed by atoms with Crippen molar-refractivity contribution in [2.24, 2.45) is 5.73 Å². The Kier molecular flexibility index (Phi) is 4.42. The van der Waals surface area contributed by atoms with E-state index in [1.54, 1.807) is 6.07 Å². The number of hydrogen-bond acceptors (Lipinski definition) is 1. The van der Waals surface area contributed by atoms with Crippen LogP contribution in [0.2, 0.25) is 15.1 Å². The van der Waals surface area contributed by atoms with E-state index in [0.29, 0.717) is 21.5 Å². The maximum atomic E-state index is 6.40. The summed E-state index contributed by atoms with van der Waals surface area (Å²) in [5.74, 6) is 0. The third-order valence-electron chi connectivity index (χ3n) is 3.04. The Hall–Kier alpha value is -0.730. The van der Waals surface area contributed by atoms with Gasteiger partial charge in [-0.3, -0.25) is 0 Å². The molecule has 0 aromatic heterocycles. The molecular weight excluding hydrogens is 301 g/mol. The minimum atomic E-state index is -0.560. The van der Waals surface area contributed by atoms with Crippen LogP contribution in [0.4, 0.5) is 0 Å². The summed E-state index contributed by atoms with van der Waals surface area (Å²) in [7, 11) is 0. The standard InChI is InChI=1S/C15H14Cl3N/c1-15(19,11-4-2-3-5-12(11)16)9-10-6-7-13(17)14(18)8-10/h2-8H,9,19H2,1H3. The van der Waals surface area contributed by atoms with Crippen molar-refractivity contribution in [3.63, 3.8) is 0 Å². The van der Waals surface area contributed by atoms with Crippen LogP contribution in [0.15, 0.2) is 42.5 Å². The molecule has 0 aliphatic carbocycles. The van der Waals surface area contributed by atoms with E-state index in [1.165, 1.54) is 0 Å². The molecule has 1 nitrogen and oxygen atoms in total. The average molecular weight is 315 g/mol. The topological polar surface area (TPSA) is 26.0 Å². The lowest BCUT2D eigenvalue weighted by molar-refractivity contribution is 0.491. The molecule has 0 saturated heterocycles. The summed E-state index contributed by atoms with van der Waals surface area (Å²) >= 11 is 18.1. The molecule has 4 heteroatoms. The molecule has 0 saturated carbocycles. The van der Waals surface area contributed by atoms with Crippen LogP contribution in [0.3, 0.4) is 0 Å². The van der Waals surface area contributed by atoms with Crippen molar-refractivity contribution >= 4 is 34.8 Å². The SMILES string of the molecule is CC(N)(Cc1ccc(Cl)c(Cl)c1)c1ccccc1Cl. The fourth-order valence-electron chi connectivity index (χ4n) is 2.09. The highest BCUT2D eigenvalue weighted by atomic mass is 35.5. The zero-order valence-corrected chi connectivity index (χ0v) is 12.7. The third-order valence-corrected chi connectivity index (χ3v) is 4.11. The van der Waals surface area contributed by atoms with Gasteiger partial charge in [0.05, 0.1) is 10.0 Å². The van der Waals surface area contributed by atoms with Crippen LogP contribution < -0.4 is 5.73 Å². The number of benzene rings is 2. The summed E-state index contributed by atoms with van der Waals surface area (Å²) in [6.07, 6.45) is 0.633. The Morgan fingerprint density at radius 2 is 1.63 bits per heavy atom. The maximum absolute atomic E-state index is 6.40. The minimum absolute atomic E-state index is 0.536. The molecule has 0 heterocycles. The van der Waals surface area contributed by atoms with Crippen molar-refractivity contribution < 1.29 is 0 Å².